The summed E-state index contributed by atoms with van der Waals surface area (Å²) in [5.74, 6) is 0. The van der Waals surface area contributed by atoms with Gasteiger partial charge in [-0.15, -0.1) is 0 Å². The molecule has 1 N–H and O–H groups in total. The maximum Gasteiger partial charge on any atom is 0.0987 e. The molecular formula is C9H13IN2O. The van der Waals surface area contributed by atoms with Crippen molar-refractivity contribution in [2.24, 2.45) is 0 Å². The van der Waals surface area contributed by atoms with Crippen molar-refractivity contribution in [1.82, 2.24) is 10.2 Å². The zero-order chi connectivity index (χ0) is 9.10. The number of allylic oxidation sites excluding steroid dienone is 2. The van der Waals surface area contributed by atoms with E-state index in [0.717, 1.165) is 26.3 Å². The first kappa shape index (κ1) is 9.48. The standard InChI is InChI=1S/C9H13IN2O/c10-8-1-2-9(11-7-8)12-3-5-13-6-4-12/h1-2,7,9,11H,3-6H2. The largest absolute Gasteiger partial charge is 0.379 e. The number of nitrogens with one attached hydrogen (secondary N) is 1. The first-order valence-corrected chi connectivity index (χ1v) is 5.56. The van der Waals surface area contributed by atoms with E-state index in [-0.39, 0.29) is 0 Å². The van der Waals surface area contributed by atoms with Gasteiger partial charge in [0.05, 0.1) is 19.4 Å². The summed E-state index contributed by atoms with van der Waals surface area (Å²) >= 11 is 2.31. The van der Waals surface area contributed by atoms with E-state index < -0.39 is 0 Å². The number of halogens is 1. The Balaban J connectivity index is 1.91. The lowest BCUT2D eigenvalue weighted by molar-refractivity contribution is 0.0218. The van der Waals surface area contributed by atoms with E-state index in [9.17, 15) is 0 Å². The smallest absolute Gasteiger partial charge is 0.0987 e. The maximum atomic E-state index is 5.30. The highest BCUT2D eigenvalue weighted by Crippen LogP contribution is 2.13. The van der Waals surface area contributed by atoms with Gasteiger partial charge in [0.2, 0.25) is 0 Å². The average molecular weight is 292 g/mol. The molecule has 72 valence electrons. The summed E-state index contributed by atoms with van der Waals surface area (Å²) in [6.07, 6.45) is 6.77. The minimum atomic E-state index is 0.363. The Morgan fingerprint density at radius 1 is 1.46 bits per heavy atom. The van der Waals surface area contributed by atoms with Crippen LogP contribution in [0, 0.1) is 0 Å². The minimum Gasteiger partial charge on any atom is -0.379 e. The quantitative estimate of drug-likeness (QED) is 0.732. The van der Waals surface area contributed by atoms with Gasteiger partial charge in [-0.3, -0.25) is 4.90 Å². The maximum absolute atomic E-state index is 5.30. The van der Waals surface area contributed by atoms with E-state index in [1.165, 1.54) is 3.58 Å². The number of nitrogens with zero attached hydrogens (tertiary/aromatic N) is 1. The molecule has 0 amide bonds. The van der Waals surface area contributed by atoms with Gasteiger partial charge in [-0.2, -0.15) is 0 Å². The van der Waals surface area contributed by atoms with Gasteiger partial charge in [0.1, 0.15) is 0 Å². The summed E-state index contributed by atoms with van der Waals surface area (Å²) in [6, 6.07) is 0. The Morgan fingerprint density at radius 3 is 2.85 bits per heavy atom. The molecule has 2 aliphatic rings. The van der Waals surface area contributed by atoms with Gasteiger partial charge >= 0.3 is 0 Å². The number of rotatable bonds is 1. The Hall–Kier alpha value is -0.0700. The summed E-state index contributed by atoms with van der Waals surface area (Å²) in [4.78, 5) is 2.39. The van der Waals surface area contributed by atoms with Crippen molar-refractivity contribution in [3.63, 3.8) is 0 Å². The third-order valence-corrected chi connectivity index (χ3v) is 2.94. The van der Waals surface area contributed by atoms with E-state index in [2.05, 4.69) is 51.2 Å². The Labute approximate surface area is 92.0 Å². The molecule has 1 saturated heterocycles. The molecule has 2 heterocycles. The molecule has 0 aromatic heterocycles. The van der Waals surface area contributed by atoms with Gasteiger partial charge in [0, 0.05) is 22.9 Å². The molecule has 3 nitrogen and oxygen atoms in total. The van der Waals surface area contributed by atoms with Crippen LogP contribution in [0.1, 0.15) is 0 Å². The topological polar surface area (TPSA) is 24.5 Å². The molecule has 1 unspecified atom stereocenters. The Kier molecular flexibility index (Phi) is 3.23. The van der Waals surface area contributed by atoms with E-state index in [4.69, 9.17) is 4.74 Å². The van der Waals surface area contributed by atoms with Crippen molar-refractivity contribution >= 4 is 22.6 Å². The highest BCUT2D eigenvalue weighted by atomic mass is 127. The van der Waals surface area contributed by atoms with Crippen molar-refractivity contribution in [3.05, 3.63) is 21.9 Å². The number of hydrogen-bond acceptors (Lipinski definition) is 3. The zero-order valence-corrected chi connectivity index (χ0v) is 9.53. The molecule has 1 atom stereocenters. The molecule has 0 aliphatic carbocycles. The molecule has 0 bridgehead atoms. The number of ether oxygens (including phenoxy) is 1. The van der Waals surface area contributed by atoms with Crippen LogP contribution in [0.2, 0.25) is 0 Å². The summed E-state index contributed by atoms with van der Waals surface area (Å²) in [6.45, 7) is 3.75. The highest BCUT2D eigenvalue weighted by Gasteiger charge is 2.18. The molecule has 1 fully saturated rings. The monoisotopic (exact) mass is 292 g/mol. The van der Waals surface area contributed by atoms with Crippen LogP contribution in [0.3, 0.4) is 0 Å². The van der Waals surface area contributed by atoms with E-state index in [1.807, 2.05) is 0 Å². The number of hydrogen-bond donors (Lipinski definition) is 1. The third-order valence-electron chi connectivity index (χ3n) is 2.27. The SMILES string of the molecule is IC1=CNC(N2CCOCC2)C=C1. The van der Waals surface area contributed by atoms with Crippen LogP contribution >= 0.6 is 22.6 Å². The number of morpholine rings is 1. The summed E-state index contributed by atoms with van der Waals surface area (Å²) in [7, 11) is 0. The minimum absolute atomic E-state index is 0.363. The normalized spacial score (nSPS) is 29.6. The fourth-order valence-corrected chi connectivity index (χ4v) is 1.92. The molecule has 4 heteroatoms. The lowest BCUT2D eigenvalue weighted by Crippen LogP contribution is -2.48. The van der Waals surface area contributed by atoms with Crippen LogP contribution < -0.4 is 5.32 Å². The van der Waals surface area contributed by atoms with Crippen molar-refractivity contribution in [2.45, 2.75) is 6.17 Å². The molecule has 0 aromatic carbocycles. The Bertz CT molecular complexity index is 234. The molecule has 2 rings (SSSR count). The van der Waals surface area contributed by atoms with E-state index in [0.29, 0.717) is 6.17 Å². The van der Waals surface area contributed by atoms with Crippen molar-refractivity contribution in [3.8, 4) is 0 Å². The third kappa shape index (κ3) is 2.45. The predicted molar refractivity (Wildman–Crippen MR) is 60.6 cm³/mol. The molecule has 13 heavy (non-hydrogen) atoms. The van der Waals surface area contributed by atoms with Gasteiger partial charge in [-0.25, -0.2) is 0 Å². The molecular weight excluding hydrogens is 279 g/mol. The molecule has 0 radical (unpaired) electrons. The molecule has 0 spiro atoms. The van der Waals surface area contributed by atoms with Gasteiger partial charge < -0.3 is 10.1 Å². The summed E-state index contributed by atoms with van der Waals surface area (Å²) in [5, 5.41) is 3.35. The Morgan fingerprint density at radius 2 is 2.23 bits per heavy atom. The predicted octanol–water partition coefficient (Wildman–Crippen LogP) is 1.08. The van der Waals surface area contributed by atoms with Crippen LogP contribution in [-0.4, -0.2) is 37.4 Å². The molecule has 0 saturated carbocycles. The second-order valence-corrected chi connectivity index (χ2v) is 4.39. The van der Waals surface area contributed by atoms with Gasteiger partial charge in [-0.1, -0.05) is 0 Å². The van der Waals surface area contributed by atoms with Crippen LogP contribution in [0.15, 0.2) is 21.9 Å². The van der Waals surface area contributed by atoms with Gasteiger partial charge in [-0.05, 0) is 34.7 Å². The summed E-state index contributed by atoms with van der Waals surface area (Å²) < 4.78 is 6.55. The average Bonchev–Trinajstić information content (AvgIpc) is 2.20. The first-order valence-electron chi connectivity index (χ1n) is 4.48. The highest BCUT2D eigenvalue weighted by molar-refractivity contribution is 14.1. The molecule has 0 aromatic rings. The van der Waals surface area contributed by atoms with Crippen LogP contribution in [0.5, 0.6) is 0 Å². The first-order chi connectivity index (χ1) is 6.36. The van der Waals surface area contributed by atoms with E-state index in [1.54, 1.807) is 0 Å². The van der Waals surface area contributed by atoms with Crippen LogP contribution in [-0.2, 0) is 4.74 Å². The second-order valence-electron chi connectivity index (χ2n) is 3.15. The fourth-order valence-electron chi connectivity index (χ4n) is 1.53. The number of dihydropyridines is 1. The van der Waals surface area contributed by atoms with Crippen LogP contribution in [0.4, 0.5) is 0 Å². The van der Waals surface area contributed by atoms with Crippen molar-refractivity contribution in [2.75, 3.05) is 26.3 Å². The van der Waals surface area contributed by atoms with E-state index >= 15 is 0 Å². The zero-order valence-electron chi connectivity index (χ0n) is 7.37. The second kappa shape index (κ2) is 4.43. The fraction of sp³-hybridized carbons (Fsp3) is 0.556. The van der Waals surface area contributed by atoms with Crippen molar-refractivity contribution < 1.29 is 4.74 Å². The van der Waals surface area contributed by atoms with Crippen LogP contribution in [0.25, 0.3) is 0 Å². The lowest BCUT2D eigenvalue weighted by atomic mass is 10.3. The van der Waals surface area contributed by atoms with Crippen molar-refractivity contribution in [1.29, 1.82) is 0 Å². The lowest BCUT2D eigenvalue weighted by Gasteiger charge is -2.33. The summed E-state index contributed by atoms with van der Waals surface area (Å²) in [5.41, 5.74) is 0. The van der Waals surface area contributed by atoms with Gasteiger partial charge in [0.25, 0.3) is 0 Å². The molecule has 2 aliphatic heterocycles. The van der Waals surface area contributed by atoms with Gasteiger partial charge in [0.15, 0.2) is 0 Å².